The molecular weight excluding hydrogens is 314 g/mol. The zero-order valence-electron chi connectivity index (χ0n) is 13.5. The van der Waals surface area contributed by atoms with Crippen molar-refractivity contribution in [2.45, 2.75) is 51.0 Å². The normalized spacial score (nSPS) is 16.1. The van der Waals surface area contributed by atoms with Crippen molar-refractivity contribution in [2.24, 2.45) is 5.92 Å². The number of halogens is 1. The zero-order chi connectivity index (χ0) is 16.7. The Morgan fingerprint density at radius 3 is 2.52 bits per heavy atom. The lowest BCUT2D eigenvalue weighted by molar-refractivity contribution is -0.141. The van der Waals surface area contributed by atoms with Gasteiger partial charge in [-0.25, -0.2) is 0 Å². The first kappa shape index (κ1) is 17.8. The van der Waals surface area contributed by atoms with Crippen molar-refractivity contribution in [1.82, 2.24) is 5.32 Å². The van der Waals surface area contributed by atoms with Crippen LogP contribution in [0.5, 0.6) is 0 Å². The minimum atomic E-state index is -0.379. The van der Waals surface area contributed by atoms with Gasteiger partial charge in [-0.3, -0.25) is 9.59 Å². The molecule has 0 radical (unpaired) electrons. The minimum Gasteiger partial charge on any atom is -0.469 e. The predicted molar refractivity (Wildman–Crippen MR) is 90.2 cm³/mol. The molecule has 4 nitrogen and oxygen atoms in total. The smallest absolute Gasteiger partial charge is 0.307 e. The third kappa shape index (κ3) is 5.87. The third-order valence-electron chi connectivity index (χ3n) is 4.46. The molecule has 2 rings (SSSR count). The second-order valence-corrected chi connectivity index (χ2v) is 6.58. The van der Waals surface area contributed by atoms with Crippen LogP contribution in [0.25, 0.3) is 0 Å². The standard InChI is InChI=1S/C18H24ClNO3/c1-23-18(22)12-16(14-7-9-15(19)10-8-14)20-17(21)11-6-13-4-2-3-5-13/h7-10,13,16H,2-6,11-12H2,1H3,(H,20,21). The third-order valence-corrected chi connectivity index (χ3v) is 4.71. The topological polar surface area (TPSA) is 55.4 Å². The molecule has 0 spiro atoms. The molecule has 1 aromatic carbocycles. The Bertz CT molecular complexity index is 524. The first-order valence-corrected chi connectivity index (χ1v) is 8.58. The fourth-order valence-corrected chi connectivity index (χ4v) is 3.22. The molecule has 1 aliphatic carbocycles. The second-order valence-electron chi connectivity index (χ2n) is 6.14. The van der Waals surface area contributed by atoms with E-state index in [2.05, 4.69) is 5.32 Å². The van der Waals surface area contributed by atoms with Crippen LogP contribution in [0.2, 0.25) is 5.02 Å². The van der Waals surface area contributed by atoms with Crippen LogP contribution in [0.3, 0.4) is 0 Å². The van der Waals surface area contributed by atoms with Gasteiger partial charge in [0.25, 0.3) is 0 Å². The highest BCUT2D eigenvalue weighted by molar-refractivity contribution is 6.30. The van der Waals surface area contributed by atoms with Crippen molar-refractivity contribution >= 4 is 23.5 Å². The van der Waals surface area contributed by atoms with E-state index in [1.54, 1.807) is 12.1 Å². The summed E-state index contributed by atoms with van der Waals surface area (Å²) >= 11 is 5.90. The molecule has 5 heteroatoms. The molecule has 1 unspecified atom stereocenters. The Labute approximate surface area is 142 Å². The molecule has 1 N–H and O–H groups in total. The van der Waals surface area contributed by atoms with Crippen LogP contribution >= 0.6 is 11.6 Å². The highest BCUT2D eigenvalue weighted by atomic mass is 35.5. The van der Waals surface area contributed by atoms with Crippen molar-refractivity contribution in [2.75, 3.05) is 7.11 Å². The largest absolute Gasteiger partial charge is 0.469 e. The van der Waals surface area contributed by atoms with Crippen LogP contribution in [0, 0.1) is 5.92 Å². The molecule has 23 heavy (non-hydrogen) atoms. The van der Waals surface area contributed by atoms with Crippen molar-refractivity contribution in [1.29, 1.82) is 0 Å². The van der Waals surface area contributed by atoms with E-state index in [4.69, 9.17) is 16.3 Å². The first-order chi connectivity index (χ1) is 11.1. The van der Waals surface area contributed by atoms with Crippen molar-refractivity contribution in [3.05, 3.63) is 34.9 Å². The van der Waals surface area contributed by atoms with Crippen LogP contribution in [0.4, 0.5) is 0 Å². The highest BCUT2D eigenvalue weighted by Crippen LogP contribution is 2.28. The fraction of sp³-hybridized carbons (Fsp3) is 0.556. The van der Waals surface area contributed by atoms with E-state index in [0.717, 1.165) is 12.0 Å². The summed E-state index contributed by atoms with van der Waals surface area (Å²) in [7, 11) is 1.35. The monoisotopic (exact) mass is 337 g/mol. The Hall–Kier alpha value is -1.55. The van der Waals surface area contributed by atoms with Gasteiger partial charge in [0.05, 0.1) is 19.6 Å². The minimum absolute atomic E-state index is 0.0132. The van der Waals surface area contributed by atoms with Gasteiger partial charge in [-0.2, -0.15) is 0 Å². The van der Waals surface area contributed by atoms with E-state index in [0.29, 0.717) is 17.4 Å². The van der Waals surface area contributed by atoms with Gasteiger partial charge in [0.15, 0.2) is 0 Å². The average molecular weight is 338 g/mol. The van der Waals surface area contributed by atoms with E-state index >= 15 is 0 Å². The Morgan fingerprint density at radius 1 is 1.26 bits per heavy atom. The number of benzene rings is 1. The predicted octanol–water partition coefficient (Wildman–Crippen LogP) is 4.03. The Balaban J connectivity index is 1.94. The molecule has 0 saturated heterocycles. The van der Waals surface area contributed by atoms with Gasteiger partial charge >= 0.3 is 5.97 Å². The molecule has 0 aliphatic heterocycles. The van der Waals surface area contributed by atoms with Crippen LogP contribution in [0.1, 0.15) is 56.6 Å². The summed E-state index contributed by atoms with van der Waals surface area (Å²) in [6, 6.07) is 6.79. The molecule has 1 amide bonds. The molecule has 0 bridgehead atoms. The van der Waals surface area contributed by atoms with Gasteiger partial charge in [-0.05, 0) is 30.0 Å². The number of ether oxygens (including phenoxy) is 1. The molecule has 0 heterocycles. The summed E-state index contributed by atoms with van der Waals surface area (Å²) in [4.78, 5) is 23.8. The van der Waals surface area contributed by atoms with E-state index in [-0.39, 0.29) is 24.3 Å². The maximum absolute atomic E-state index is 12.2. The summed E-state index contributed by atoms with van der Waals surface area (Å²) in [6.45, 7) is 0. The maximum atomic E-state index is 12.2. The van der Waals surface area contributed by atoms with Gasteiger partial charge in [0.2, 0.25) is 5.91 Å². The fourth-order valence-electron chi connectivity index (χ4n) is 3.10. The molecule has 0 aromatic heterocycles. The van der Waals surface area contributed by atoms with Gasteiger partial charge in [-0.1, -0.05) is 49.4 Å². The number of amides is 1. The number of rotatable bonds is 7. The lowest BCUT2D eigenvalue weighted by Crippen LogP contribution is -2.30. The van der Waals surface area contributed by atoms with E-state index in [1.165, 1.54) is 32.8 Å². The number of hydrogen-bond acceptors (Lipinski definition) is 3. The summed E-state index contributed by atoms with van der Waals surface area (Å²) in [6.07, 6.45) is 6.58. The molecule has 1 aliphatic rings. The SMILES string of the molecule is COC(=O)CC(NC(=O)CCC1CCCC1)c1ccc(Cl)cc1. The van der Waals surface area contributed by atoms with E-state index in [1.807, 2.05) is 12.1 Å². The summed E-state index contributed by atoms with van der Waals surface area (Å²) < 4.78 is 4.73. The van der Waals surface area contributed by atoms with E-state index in [9.17, 15) is 9.59 Å². The zero-order valence-corrected chi connectivity index (χ0v) is 14.3. The molecule has 1 saturated carbocycles. The van der Waals surface area contributed by atoms with E-state index < -0.39 is 0 Å². The Morgan fingerprint density at radius 2 is 1.91 bits per heavy atom. The van der Waals surface area contributed by atoms with Crippen LogP contribution in [-0.2, 0) is 14.3 Å². The number of esters is 1. The number of carbonyl (C=O) groups excluding carboxylic acids is 2. The van der Waals surface area contributed by atoms with Crippen molar-refractivity contribution in [3.63, 3.8) is 0 Å². The molecular formula is C18H24ClNO3. The molecule has 1 fully saturated rings. The highest BCUT2D eigenvalue weighted by Gasteiger charge is 2.21. The molecule has 126 valence electrons. The van der Waals surface area contributed by atoms with Crippen LogP contribution < -0.4 is 5.32 Å². The number of carbonyl (C=O) groups is 2. The number of nitrogens with one attached hydrogen (secondary N) is 1. The second kappa shape index (κ2) is 8.92. The maximum Gasteiger partial charge on any atom is 0.307 e. The lowest BCUT2D eigenvalue weighted by atomic mass is 10.0. The van der Waals surface area contributed by atoms with Gasteiger partial charge < -0.3 is 10.1 Å². The quantitative estimate of drug-likeness (QED) is 0.764. The average Bonchev–Trinajstić information content (AvgIpc) is 3.06. The van der Waals surface area contributed by atoms with Gasteiger partial charge in [0.1, 0.15) is 0 Å². The van der Waals surface area contributed by atoms with Gasteiger partial charge in [0, 0.05) is 11.4 Å². The van der Waals surface area contributed by atoms with Crippen molar-refractivity contribution < 1.29 is 14.3 Å². The van der Waals surface area contributed by atoms with Crippen LogP contribution in [-0.4, -0.2) is 19.0 Å². The molecule has 1 aromatic rings. The Kier molecular flexibility index (Phi) is 6.90. The first-order valence-electron chi connectivity index (χ1n) is 8.20. The lowest BCUT2D eigenvalue weighted by Gasteiger charge is -2.19. The molecule has 1 atom stereocenters. The summed E-state index contributed by atoms with van der Waals surface area (Å²) in [5.41, 5.74) is 0.856. The number of hydrogen-bond donors (Lipinski definition) is 1. The summed E-state index contributed by atoms with van der Waals surface area (Å²) in [5.74, 6) is 0.317. The number of methoxy groups -OCH3 is 1. The van der Waals surface area contributed by atoms with Crippen LogP contribution in [0.15, 0.2) is 24.3 Å². The van der Waals surface area contributed by atoms with Gasteiger partial charge in [-0.15, -0.1) is 0 Å². The summed E-state index contributed by atoms with van der Waals surface area (Å²) in [5, 5.41) is 3.58. The van der Waals surface area contributed by atoms with Crippen molar-refractivity contribution in [3.8, 4) is 0 Å².